The summed E-state index contributed by atoms with van der Waals surface area (Å²) in [6.45, 7) is 0.315. The van der Waals surface area contributed by atoms with E-state index in [2.05, 4.69) is 0 Å². The molecular weight excluding hydrogens is 364 g/mol. The minimum atomic E-state index is -0.913. The Balaban J connectivity index is 1.51. The topological polar surface area (TPSA) is 102 Å². The maximum atomic E-state index is 12.3. The van der Waals surface area contributed by atoms with Gasteiger partial charge in [-0.1, -0.05) is 24.3 Å². The third kappa shape index (κ3) is 3.18. The van der Waals surface area contributed by atoms with E-state index in [1.54, 1.807) is 36.4 Å². The summed E-state index contributed by atoms with van der Waals surface area (Å²) >= 11 is 0. The summed E-state index contributed by atoms with van der Waals surface area (Å²) in [5.74, 6) is -0.820. The van der Waals surface area contributed by atoms with Crippen molar-refractivity contribution in [2.45, 2.75) is 0 Å². The highest BCUT2D eigenvalue weighted by Gasteiger charge is 2.20. The first kappa shape index (κ1) is 17.7. The third-order valence-electron chi connectivity index (χ3n) is 4.41. The van der Waals surface area contributed by atoms with Crippen molar-refractivity contribution in [3.05, 3.63) is 59.7 Å². The molecule has 142 valence electrons. The lowest BCUT2D eigenvalue weighted by Gasteiger charge is -2.18. The standard InChI is InChI=1S/C21H16O7/c22-16-10-15(20(24)14-4-2-1-3-13(14)16)21(25)28-11-17(23)12-5-6-18-19(9-12)27-8-7-26-18/h1-6,9-10,22,24H,7-8,11H2. The molecule has 0 saturated heterocycles. The molecule has 2 N–H and O–H groups in total. The SMILES string of the molecule is O=C(COC(=O)c1cc(O)c2ccccc2c1O)c1ccc2c(c1)OCCO2. The molecule has 0 fully saturated rings. The average Bonchev–Trinajstić information content (AvgIpc) is 2.74. The number of hydrogen-bond donors (Lipinski definition) is 2. The molecule has 0 bridgehead atoms. The number of phenolic OH excluding ortho intramolecular Hbond substituents is 2. The summed E-state index contributed by atoms with van der Waals surface area (Å²) in [5, 5.41) is 21.1. The van der Waals surface area contributed by atoms with Crippen LogP contribution in [0.25, 0.3) is 10.8 Å². The van der Waals surface area contributed by atoms with E-state index in [1.807, 2.05) is 0 Å². The number of phenols is 2. The van der Waals surface area contributed by atoms with Crippen molar-refractivity contribution in [3.63, 3.8) is 0 Å². The molecule has 7 nitrogen and oxygen atoms in total. The summed E-state index contributed by atoms with van der Waals surface area (Å²) < 4.78 is 15.9. The van der Waals surface area contributed by atoms with Gasteiger partial charge >= 0.3 is 5.97 Å². The van der Waals surface area contributed by atoms with Crippen LogP contribution in [0.2, 0.25) is 0 Å². The fraction of sp³-hybridized carbons (Fsp3) is 0.143. The first-order valence-corrected chi connectivity index (χ1v) is 8.58. The quantitative estimate of drug-likeness (QED) is 0.407. The number of ether oxygens (including phenoxy) is 3. The van der Waals surface area contributed by atoms with Crippen molar-refractivity contribution in [2.24, 2.45) is 0 Å². The van der Waals surface area contributed by atoms with Crippen LogP contribution in [-0.2, 0) is 4.74 Å². The molecule has 3 aromatic carbocycles. The largest absolute Gasteiger partial charge is 0.507 e. The number of carbonyl (C=O) groups excluding carboxylic acids is 2. The van der Waals surface area contributed by atoms with Gasteiger partial charge in [0.15, 0.2) is 23.9 Å². The van der Waals surface area contributed by atoms with Gasteiger partial charge in [0.1, 0.15) is 30.3 Å². The van der Waals surface area contributed by atoms with Gasteiger partial charge < -0.3 is 24.4 Å². The van der Waals surface area contributed by atoms with Crippen LogP contribution in [0.5, 0.6) is 23.0 Å². The van der Waals surface area contributed by atoms with Crippen LogP contribution in [-0.4, -0.2) is 41.8 Å². The number of ketones is 1. The summed E-state index contributed by atoms with van der Waals surface area (Å²) in [4.78, 5) is 24.7. The van der Waals surface area contributed by atoms with Gasteiger partial charge in [-0.15, -0.1) is 0 Å². The van der Waals surface area contributed by atoms with Crippen LogP contribution >= 0.6 is 0 Å². The highest BCUT2D eigenvalue weighted by molar-refractivity contribution is 6.05. The number of esters is 1. The van der Waals surface area contributed by atoms with E-state index in [9.17, 15) is 19.8 Å². The Hall–Kier alpha value is -3.74. The van der Waals surface area contributed by atoms with E-state index in [0.29, 0.717) is 41.0 Å². The molecule has 28 heavy (non-hydrogen) atoms. The molecular formula is C21H16O7. The Bertz CT molecular complexity index is 1090. The Kier molecular flexibility index (Phi) is 4.49. The van der Waals surface area contributed by atoms with Crippen LogP contribution in [0.4, 0.5) is 0 Å². The predicted molar refractivity (Wildman–Crippen MR) is 99.3 cm³/mol. The molecule has 1 heterocycles. The van der Waals surface area contributed by atoms with E-state index >= 15 is 0 Å². The van der Waals surface area contributed by atoms with Crippen LogP contribution in [0.15, 0.2) is 48.5 Å². The third-order valence-corrected chi connectivity index (χ3v) is 4.41. The fourth-order valence-corrected chi connectivity index (χ4v) is 3.01. The summed E-state index contributed by atoms with van der Waals surface area (Å²) in [7, 11) is 0. The zero-order valence-corrected chi connectivity index (χ0v) is 14.7. The van der Waals surface area contributed by atoms with Gasteiger partial charge in [-0.05, 0) is 24.3 Å². The van der Waals surface area contributed by atoms with Crippen molar-refractivity contribution in [1.82, 2.24) is 0 Å². The highest BCUT2D eigenvalue weighted by Crippen LogP contribution is 2.35. The first-order chi connectivity index (χ1) is 13.5. The van der Waals surface area contributed by atoms with Crippen LogP contribution < -0.4 is 9.47 Å². The fourth-order valence-electron chi connectivity index (χ4n) is 3.01. The van der Waals surface area contributed by atoms with Crippen molar-refractivity contribution >= 4 is 22.5 Å². The van der Waals surface area contributed by atoms with Gasteiger partial charge in [-0.25, -0.2) is 4.79 Å². The number of fused-ring (bicyclic) bond motifs is 2. The molecule has 1 aliphatic heterocycles. The minimum Gasteiger partial charge on any atom is -0.507 e. The lowest BCUT2D eigenvalue weighted by molar-refractivity contribution is 0.0471. The summed E-state index contributed by atoms with van der Waals surface area (Å²) in [6, 6.07) is 12.4. The van der Waals surface area contributed by atoms with E-state index < -0.39 is 18.4 Å². The molecule has 0 saturated carbocycles. The van der Waals surface area contributed by atoms with Crippen LogP contribution in [0.3, 0.4) is 0 Å². The second kappa shape index (κ2) is 7.11. The smallest absolute Gasteiger partial charge is 0.342 e. The monoisotopic (exact) mass is 380 g/mol. The van der Waals surface area contributed by atoms with Gasteiger partial charge in [-0.2, -0.15) is 0 Å². The minimum absolute atomic E-state index is 0.168. The molecule has 1 aliphatic rings. The molecule has 0 aliphatic carbocycles. The maximum absolute atomic E-state index is 12.3. The summed E-state index contributed by atoms with van der Waals surface area (Å²) in [6.07, 6.45) is 0. The van der Waals surface area contributed by atoms with E-state index in [-0.39, 0.29) is 17.1 Å². The molecule has 0 radical (unpaired) electrons. The average molecular weight is 380 g/mol. The Labute approximate surface area is 159 Å². The van der Waals surface area contributed by atoms with Gasteiger partial charge in [0, 0.05) is 16.3 Å². The van der Waals surface area contributed by atoms with Crippen molar-refractivity contribution in [1.29, 1.82) is 0 Å². The first-order valence-electron chi connectivity index (χ1n) is 8.58. The maximum Gasteiger partial charge on any atom is 0.342 e. The van der Waals surface area contributed by atoms with E-state index in [4.69, 9.17) is 14.2 Å². The number of aromatic hydroxyl groups is 2. The zero-order valence-electron chi connectivity index (χ0n) is 14.7. The second-order valence-corrected chi connectivity index (χ2v) is 6.20. The number of benzene rings is 3. The molecule has 0 aromatic heterocycles. The van der Waals surface area contributed by atoms with Crippen molar-refractivity contribution in [2.75, 3.05) is 19.8 Å². The molecule has 3 aromatic rings. The second-order valence-electron chi connectivity index (χ2n) is 6.20. The molecule has 0 atom stereocenters. The lowest BCUT2D eigenvalue weighted by Crippen LogP contribution is -2.17. The van der Waals surface area contributed by atoms with Gasteiger partial charge in [0.2, 0.25) is 0 Å². The zero-order chi connectivity index (χ0) is 19.7. The van der Waals surface area contributed by atoms with Gasteiger partial charge in [0.25, 0.3) is 0 Å². The van der Waals surface area contributed by atoms with E-state index in [0.717, 1.165) is 6.07 Å². The number of carbonyl (C=O) groups is 2. The Morgan fingerprint density at radius 3 is 2.43 bits per heavy atom. The van der Waals surface area contributed by atoms with Crippen LogP contribution in [0.1, 0.15) is 20.7 Å². The van der Waals surface area contributed by atoms with Crippen LogP contribution in [0, 0.1) is 0 Å². The van der Waals surface area contributed by atoms with Gasteiger partial charge in [-0.3, -0.25) is 4.79 Å². The summed E-state index contributed by atoms with van der Waals surface area (Å²) in [5.41, 5.74) is 0.0915. The Morgan fingerprint density at radius 1 is 0.929 bits per heavy atom. The molecule has 7 heteroatoms. The Morgan fingerprint density at radius 2 is 1.64 bits per heavy atom. The number of hydrogen-bond acceptors (Lipinski definition) is 7. The van der Waals surface area contributed by atoms with E-state index in [1.165, 1.54) is 6.07 Å². The van der Waals surface area contributed by atoms with Crippen molar-refractivity contribution in [3.8, 4) is 23.0 Å². The molecule has 0 spiro atoms. The van der Waals surface area contributed by atoms with Crippen molar-refractivity contribution < 1.29 is 34.0 Å². The molecule has 0 unspecified atom stereocenters. The molecule has 0 amide bonds. The molecule has 4 rings (SSSR count). The predicted octanol–water partition coefficient (Wildman–Crippen LogP) is 3.06. The number of Topliss-reactive ketones (excluding diaryl/α,β-unsaturated/α-hetero) is 1. The number of rotatable bonds is 4. The highest BCUT2D eigenvalue weighted by atomic mass is 16.6. The van der Waals surface area contributed by atoms with Gasteiger partial charge in [0.05, 0.1) is 0 Å². The lowest BCUT2D eigenvalue weighted by atomic mass is 10.0. The normalized spacial score (nSPS) is 12.6.